The average Bonchev–Trinajstić information content (AvgIpc) is 3.09. The van der Waals surface area contributed by atoms with E-state index in [9.17, 15) is 18.8 Å². The van der Waals surface area contributed by atoms with Gasteiger partial charge in [0.15, 0.2) is 0 Å². The van der Waals surface area contributed by atoms with E-state index in [1.807, 2.05) is 60.7 Å². The van der Waals surface area contributed by atoms with Gasteiger partial charge in [-0.25, -0.2) is 4.39 Å². The van der Waals surface area contributed by atoms with Crippen LogP contribution < -0.4 is 16.0 Å². The zero-order chi connectivity index (χ0) is 33.2. The maximum atomic E-state index is 14.3. The van der Waals surface area contributed by atoms with Crippen molar-refractivity contribution in [3.05, 3.63) is 167 Å². The SMILES string of the molecule is CC(C)c1ccc(/C=C(\NC(=O)c2ccccc2)C(=O)Nc2ccc(SC(C(=O)Nc3ccccc3F)c3ccccc3)cc2)cc1. The number of rotatable bonds is 11. The van der Waals surface area contributed by atoms with Gasteiger partial charge in [0.25, 0.3) is 11.8 Å². The lowest BCUT2D eigenvalue weighted by molar-refractivity contribution is -0.116. The van der Waals surface area contributed by atoms with Crippen LogP contribution in [-0.2, 0) is 9.59 Å². The lowest BCUT2D eigenvalue weighted by Crippen LogP contribution is -2.30. The second-order valence-electron chi connectivity index (χ2n) is 11.1. The van der Waals surface area contributed by atoms with Crippen molar-refractivity contribution in [2.45, 2.75) is 29.9 Å². The molecule has 1 atom stereocenters. The van der Waals surface area contributed by atoms with E-state index in [4.69, 9.17) is 0 Å². The molecule has 0 aliphatic rings. The van der Waals surface area contributed by atoms with Crippen LogP contribution >= 0.6 is 11.8 Å². The summed E-state index contributed by atoms with van der Waals surface area (Å²) < 4.78 is 14.3. The van der Waals surface area contributed by atoms with Gasteiger partial charge in [-0.2, -0.15) is 0 Å². The maximum Gasteiger partial charge on any atom is 0.272 e. The van der Waals surface area contributed by atoms with Gasteiger partial charge in [-0.3, -0.25) is 14.4 Å². The summed E-state index contributed by atoms with van der Waals surface area (Å²) in [5.74, 6) is -1.42. The topological polar surface area (TPSA) is 87.3 Å². The number of anilines is 2. The molecule has 0 fully saturated rings. The molecule has 0 spiro atoms. The molecule has 3 N–H and O–H groups in total. The fourth-order valence-electron chi connectivity index (χ4n) is 4.70. The van der Waals surface area contributed by atoms with E-state index in [-0.39, 0.29) is 17.3 Å². The Bertz CT molecular complexity index is 1860. The smallest absolute Gasteiger partial charge is 0.272 e. The molecule has 0 aliphatic heterocycles. The number of para-hydroxylation sites is 1. The molecule has 236 valence electrons. The molecule has 5 rings (SSSR count). The predicted octanol–water partition coefficient (Wildman–Crippen LogP) is 8.83. The van der Waals surface area contributed by atoms with E-state index in [1.165, 1.54) is 29.5 Å². The third-order valence-corrected chi connectivity index (χ3v) is 8.55. The van der Waals surface area contributed by atoms with Crippen LogP contribution in [-0.4, -0.2) is 17.7 Å². The van der Waals surface area contributed by atoms with Gasteiger partial charge >= 0.3 is 0 Å². The van der Waals surface area contributed by atoms with E-state index >= 15 is 0 Å². The second kappa shape index (κ2) is 15.7. The fraction of sp³-hybridized carbons (Fsp3) is 0.103. The number of hydrogen-bond acceptors (Lipinski definition) is 4. The molecule has 0 bridgehead atoms. The van der Waals surface area contributed by atoms with Crippen LogP contribution in [0.2, 0.25) is 0 Å². The quantitative estimate of drug-likeness (QED) is 0.0992. The highest BCUT2D eigenvalue weighted by atomic mass is 32.2. The summed E-state index contributed by atoms with van der Waals surface area (Å²) in [6.07, 6.45) is 1.64. The van der Waals surface area contributed by atoms with Gasteiger partial charge in [0.05, 0.1) is 5.69 Å². The Morgan fingerprint density at radius 2 is 1.30 bits per heavy atom. The van der Waals surface area contributed by atoms with Gasteiger partial charge in [0.2, 0.25) is 5.91 Å². The van der Waals surface area contributed by atoms with E-state index in [0.717, 1.165) is 16.0 Å². The standard InChI is InChI=1S/C39H34FN3O3S/c1-26(2)28-19-17-27(18-20-28)25-35(43-37(44)30-13-7-4-8-14-30)38(45)41-31-21-23-32(24-22-31)47-36(29-11-5-3-6-12-29)39(46)42-34-16-10-9-15-33(34)40/h3-26,36H,1-2H3,(H,41,45)(H,42,46)(H,43,44)/b35-25-. The summed E-state index contributed by atoms with van der Waals surface area (Å²) in [6, 6.07) is 38.8. The van der Waals surface area contributed by atoms with Gasteiger partial charge in [0, 0.05) is 16.1 Å². The summed E-state index contributed by atoms with van der Waals surface area (Å²) in [5, 5.41) is 7.67. The van der Waals surface area contributed by atoms with Crippen LogP contribution in [0.25, 0.3) is 6.08 Å². The number of amides is 3. The number of nitrogens with one attached hydrogen (secondary N) is 3. The molecule has 6 nitrogen and oxygen atoms in total. The molecule has 5 aromatic rings. The van der Waals surface area contributed by atoms with Crippen molar-refractivity contribution in [3.63, 3.8) is 0 Å². The summed E-state index contributed by atoms with van der Waals surface area (Å²) in [7, 11) is 0. The first-order chi connectivity index (χ1) is 22.8. The van der Waals surface area contributed by atoms with E-state index in [0.29, 0.717) is 17.2 Å². The summed E-state index contributed by atoms with van der Waals surface area (Å²) >= 11 is 1.30. The lowest BCUT2D eigenvalue weighted by atomic mass is 10.0. The van der Waals surface area contributed by atoms with Gasteiger partial charge in [-0.05, 0) is 77.2 Å². The molecule has 5 aromatic carbocycles. The van der Waals surface area contributed by atoms with Crippen LogP contribution in [0.15, 0.2) is 144 Å². The highest BCUT2D eigenvalue weighted by Crippen LogP contribution is 2.37. The summed E-state index contributed by atoms with van der Waals surface area (Å²) in [5.41, 5.74) is 3.81. The van der Waals surface area contributed by atoms with Crippen molar-refractivity contribution in [2.24, 2.45) is 0 Å². The largest absolute Gasteiger partial charge is 0.322 e. The Morgan fingerprint density at radius 3 is 1.94 bits per heavy atom. The maximum absolute atomic E-state index is 14.3. The van der Waals surface area contributed by atoms with Gasteiger partial charge < -0.3 is 16.0 Å². The molecule has 0 heterocycles. The molecule has 47 heavy (non-hydrogen) atoms. The molecule has 1 unspecified atom stereocenters. The fourth-order valence-corrected chi connectivity index (χ4v) is 5.72. The third kappa shape index (κ3) is 9.05. The van der Waals surface area contributed by atoms with Crippen LogP contribution in [0.5, 0.6) is 0 Å². The molecule has 0 aromatic heterocycles. The van der Waals surface area contributed by atoms with Crippen molar-refractivity contribution in [1.82, 2.24) is 5.32 Å². The monoisotopic (exact) mass is 643 g/mol. The molecule has 0 aliphatic carbocycles. The van der Waals surface area contributed by atoms with Crippen LogP contribution in [0, 0.1) is 5.82 Å². The van der Waals surface area contributed by atoms with Crippen LogP contribution in [0.1, 0.15) is 52.1 Å². The second-order valence-corrected chi connectivity index (χ2v) is 12.2. The minimum absolute atomic E-state index is 0.0866. The zero-order valence-corrected chi connectivity index (χ0v) is 26.8. The Kier molecular flexibility index (Phi) is 11.0. The first-order valence-electron chi connectivity index (χ1n) is 15.1. The zero-order valence-electron chi connectivity index (χ0n) is 25.9. The van der Waals surface area contributed by atoms with Crippen molar-refractivity contribution < 1.29 is 18.8 Å². The first-order valence-corrected chi connectivity index (χ1v) is 16.0. The number of carbonyl (C=O) groups is 3. The minimum Gasteiger partial charge on any atom is -0.322 e. The predicted molar refractivity (Wildman–Crippen MR) is 188 cm³/mol. The first kappa shape index (κ1) is 32.9. The summed E-state index contributed by atoms with van der Waals surface area (Å²) in [6.45, 7) is 4.21. The average molecular weight is 644 g/mol. The molecule has 0 radical (unpaired) electrons. The van der Waals surface area contributed by atoms with Crippen molar-refractivity contribution in [2.75, 3.05) is 10.6 Å². The van der Waals surface area contributed by atoms with Crippen LogP contribution in [0.3, 0.4) is 0 Å². The molecular weight excluding hydrogens is 610 g/mol. The van der Waals surface area contributed by atoms with E-state index in [2.05, 4.69) is 29.8 Å². The molecule has 0 saturated heterocycles. The number of halogens is 1. The van der Waals surface area contributed by atoms with Gasteiger partial charge in [-0.15, -0.1) is 11.8 Å². The normalized spacial score (nSPS) is 11.9. The lowest BCUT2D eigenvalue weighted by Gasteiger charge is -2.18. The van der Waals surface area contributed by atoms with E-state index < -0.39 is 22.9 Å². The molecular formula is C39H34FN3O3S. The van der Waals surface area contributed by atoms with Crippen molar-refractivity contribution >= 4 is 46.9 Å². The Balaban J connectivity index is 1.33. The minimum atomic E-state index is -0.666. The van der Waals surface area contributed by atoms with Gasteiger partial charge in [-0.1, -0.05) is 98.8 Å². The third-order valence-electron chi connectivity index (χ3n) is 7.28. The van der Waals surface area contributed by atoms with E-state index in [1.54, 1.807) is 66.7 Å². The highest BCUT2D eigenvalue weighted by molar-refractivity contribution is 8.00. The molecule has 0 saturated carbocycles. The Morgan fingerprint density at radius 1 is 0.681 bits per heavy atom. The van der Waals surface area contributed by atoms with Crippen LogP contribution in [0.4, 0.5) is 15.8 Å². The number of benzene rings is 5. The number of thioether (sulfide) groups is 1. The molecule has 8 heteroatoms. The number of hydrogen-bond donors (Lipinski definition) is 3. The Labute approximate surface area is 278 Å². The van der Waals surface area contributed by atoms with Gasteiger partial charge in [0.1, 0.15) is 16.8 Å². The summed E-state index contributed by atoms with van der Waals surface area (Å²) in [4.78, 5) is 40.6. The molecule has 3 amide bonds. The highest BCUT2D eigenvalue weighted by Gasteiger charge is 2.23. The van der Waals surface area contributed by atoms with Crippen molar-refractivity contribution in [3.8, 4) is 0 Å². The Hall–Kier alpha value is -5.47. The van der Waals surface area contributed by atoms with Crippen molar-refractivity contribution in [1.29, 1.82) is 0 Å². The number of carbonyl (C=O) groups excluding carboxylic acids is 3.